The molecule has 1 aromatic carbocycles. The lowest BCUT2D eigenvalue weighted by molar-refractivity contribution is -0.192. The minimum atomic E-state index is -5.08. The van der Waals surface area contributed by atoms with E-state index in [1.54, 1.807) is 0 Å². The third-order valence-corrected chi connectivity index (χ3v) is 5.07. The topological polar surface area (TPSA) is 123 Å². The number of alkyl halides is 3. The number of amides is 2. The highest BCUT2D eigenvalue weighted by Crippen LogP contribution is 2.25. The number of carboxylic acid groups (broad SMARTS) is 1. The molecule has 4 rings (SSSR count). The summed E-state index contributed by atoms with van der Waals surface area (Å²) in [6.07, 6.45) is -1.49. The number of nitrogens with zero attached hydrogens (tertiary/aromatic N) is 2. The first-order valence-electron chi connectivity index (χ1n) is 10.2. The van der Waals surface area contributed by atoms with E-state index < -0.39 is 18.2 Å². The summed E-state index contributed by atoms with van der Waals surface area (Å²) < 4.78 is 39.5. The number of fused-ring (bicyclic) bond motifs is 1. The molecular weight excluding hydrogens is 445 g/mol. The van der Waals surface area contributed by atoms with Gasteiger partial charge in [-0.05, 0) is 24.0 Å². The first kappa shape index (κ1) is 24.2. The van der Waals surface area contributed by atoms with Gasteiger partial charge in [0.05, 0.1) is 18.8 Å². The molecule has 2 amide bonds. The molecule has 0 bridgehead atoms. The number of aromatic nitrogens is 2. The zero-order chi connectivity index (χ0) is 24.0. The molecular formula is C21H23F3N4O5. The van der Waals surface area contributed by atoms with Gasteiger partial charge in [0, 0.05) is 19.2 Å². The van der Waals surface area contributed by atoms with Gasteiger partial charge in [0.1, 0.15) is 12.1 Å². The lowest BCUT2D eigenvalue weighted by Crippen LogP contribution is -2.43. The largest absolute Gasteiger partial charge is 0.490 e. The number of nitrogens with one attached hydrogen (secondary N) is 2. The number of halogens is 3. The second-order valence-corrected chi connectivity index (χ2v) is 7.54. The van der Waals surface area contributed by atoms with E-state index in [-0.39, 0.29) is 17.9 Å². The Morgan fingerprint density at radius 2 is 1.94 bits per heavy atom. The van der Waals surface area contributed by atoms with Crippen LogP contribution in [0.2, 0.25) is 0 Å². The summed E-state index contributed by atoms with van der Waals surface area (Å²) in [4.78, 5) is 32.3. The predicted molar refractivity (Wildman–Crippen MR) is 108 cm³/mol. The van der Waals surface area contributed by atoms with Crippen LogP contribution in [0.5, 0.6) is 0 Å². The minimum absolute atomic E-state index is 0.0685. The third-order valence-electron chi connectivity index (χ3n) is 5.07. The Hall–Kier alpha value is -3.41. The molecule has 2 aliphatic heterocycles. The number of carbonyl (C=O) groups is 3. The zero-order valence-electron chi connectivity index (χ0n) is 17.5. The molecule has 3 heterocycles. The summed E-state index contributed by atoms with van der Waals surface area (Å²) in [5.74, 6) is -2.98. The van der Waals surface area contributed by atoms with Crippen LogP contribution in [0.25, 0.3) is 0 Å². The molecule has 1 aromatic heterocycles. The van der Waals surface area contributed by atoms with E-state index in [1.165, 1.54) is 11.1 Å². The minimum Gasteiger partial charge on any atom is -0.475 e. The number of hydrogen-bond acceptors (Lipinski definition) is 5. The normalized spacial score (nSPS) is 19.7. The summed E-state index contributed by atoms with van der Waals surface area (Å²) in [6.45, 7) is 1.69. The van der Waals surface area contributed by atoms with Gasteiger partial charge in [-0.2, -0.15) is 18.3 Å². The number of carboxylic acids is 1. The number of ether oxygens (including phenoxy) is 1. The highest BCUT2D eigenvalue weighted by Gasteiger charge is 2.38. The number of hydrogen-bond donors (Lipinski definition) is 3. The number of carbonyl (C=O) groups excluding carboxylic acids is 2. The molecule has 12 heteroatoms. The van der Waals surface area contributed by atoms with Crippen LogP contribution in [-0.4, -0.2) is 58.0 Å². The maximum atomic E-state index is 12.2. The van der Waals surface area contributed by atoms with Gasteiger partial charge in [-0.25, -0.2) is 4.79 Å². The third kappa shape index (κ3) is 6.78. The van der Waals surface area contributed by atoms with E-state index in [0.29, 0.717) is 32.5 Å². The standard InChI is InChI=1S/C19H22N4O3.C2HF3O2/c24-17-7-6-15(21-17)19(25)20-10-16-18-14(8-9-26-16)12-23(22-18)11-13-4-2-1-3-5-13;3-2(4,5)1(6)7/h1-5,12,15-16H,6-11H2,(H,20,25)(H,21,24);(H,6,7)/t15-,16?;/m0./s1. The van der Waals surface area contributed by atoms with Gasteiger partial charge >= 0.3 is 12.1 Å². The molecule has 2 atom stereocenters. The van der Waals surface area contributed by atoms with Crippen LogP contribution in [0.15, 0.2) is 36.5 Å². The molecule has 1 saturated heterocycles. The number of rotatable bonds is 5. The lowest BCUT2D eigenvalue weighted by atomic mass is 10.1. The van der Waals surface area contributed by atoms with Crippen molar-refractivity contribution in [1.82, 2.24) is 20.4 Å². The molecule has 1 unspecified atom stereocenters. The van der Waals surface area contributed by atoms with E-state index in [0.717, 1.165) is 12.1 Å². The summed E-state index contributed by atoms with van der Waals surface area (Å²) >= 11 is 0. The maximum absolute atomic E-state index is 12.2. The maximum Gasteiger partial charge on any atom is 0.490 e. The summed E-state index contributed by atoms with van der Waals surface area (Å²) in [6, 6.07) is 9.75. The summed E-state index contributed by atoms with van der Waals surface area (Å²) in [5.41, 5.74) is 3.25. The Morgan fingerprint density at radius 1 is 1.24 bits per heavy atom. The molecule has 2 aliphatic rings. The van der Waals surface area contributed by atoms with Crippen molar-refractivity contribution >= 4 is 17.8 Å². The average molecular weight is 468 g/mol. The highest BCUT2D eigenvalue weighted by atomic mass is 19.4. The molecule has 1 fully saturated rings. The molecule has 0 spiro atoms. The summed E-state index contributed by atoms with van der Waals surface area (Å²) in [5, 5.41) is 17.4. The SMILES string of the molecule is O=C(O)C(F)(F)F.O=C1CC[C@@H](C(=O)NCC2OCCc3cn(Cc4ccccc4)nc32)N1. The van der Waals surface area contributed by atoms with Crippen molar-refractivity contribution in [2.24, 2.45) is 0 Å². The van der Waals surface area contributed by atoms with Gasteiger partial charge in [-0.3, -0.25) is 14.3 Å². The first-order chi connectivity index (χ1) is 15.6. The Balaban J connectivity index is 0.000000383. The van der Waals surface area contributed by atoms with Crippen LogP contribution in [0.3, 0.4) is 0 Å². The van der Waals surface area contributed by atoms with Crippen molar-refractivity contribution in [2.45, 2.75) is 44.1 Å². The van der Waals surface area contributed by atoms with Crippen LogP contribution >= 0.6 is 0 Å². The molecule has 0 aliphatic carbocycles. The Labute approximate surface area is 186 Å². The van der Waals surface area contributed by atoms with Gasteiger partial charge in [-0.15, -0.1) is 0 Å². The smallest absolute Gasteiger partial charge is 0.475 e. The Bertz CT molecular complexity index is 994. The van der Waals surface area contributed by atoms with Crippen molar-refractivity contribution in [3.05, 3.63) is 53.3 Å². The van der Waals surface area contributed by atoms with Crippen molar-refractivity contribution in [3.63, 3.8) is 0 Å². The fourth-order valence-corrected chi connectivity index (χ4v) is 3.47. The van der Waals surface area contributed by atoms with Crippen LogP contribution in [-0.2, 0) is 32.1 Å². The van der Waals surface area contributed by atoms with E-state index >= 15 is 0 Å². The predicted octanol–water partition coefficient (Wildman–Crippen LogP) is 1.57. The lowest BCUT2D eigenvalue weighted by Gasteiger charge is -2.23. The van der Waals surface area contributed by atoms with Gasteiger partial charge in [-0.1, -0.05) is 30.3 Å². The van der Waals surface area contributed by atoms with Gasteiger partial charge < -0.3 is 20.5 Å². The van der Waals surface area contributed by atoms with E-state index in [4.69, 9.17) is 14.6 Å². The van der Waals surface area contributed by atoms with Gasteiger partial charge in [0.25, 0.3) is 0 Å². The van der Waals surface area contributed by atoms with Gasteiger partial charge in [0.2, 0.25) is 11.8 Å². The second kappa shape index (κ2) is 10.5. The monoisotopic (exact) mass is 468 g/mol. The number of benzene rings is 1. The van der Waals surface area contributed by atoms with Crippen molar-refractivity contribution in [2.75, 3.05) is 13.2 Å². The quantitative estimate of drug-likeness (QED) is 0.613. The molecule has 0 saturated carbocycles. The Kier molecular flexibility index (Phi) is 7.69. The first-order valence-corrected chi connectivity index (χ1v) is 10.2. The van der Waals surface area contributed by atoms with Crippen LogP contribution in [0.4, 0.5) is 13.2 Å². The van der Waals surface area contributed by atoms with E-state index in [1.807, 2.05) is 22.9 Å². The van der Waals surface area contributed by atoms with Gasteiger partial charge in [0.15, 0.2) is 0 Å². The summed E-state index contributed by atoms with van der Waals surface area (Å²) in [7, 11) is 0. The van der Waals surface area contributed by atoms with Crippen molar-refractivity contribution in [1.29, 1.82) is 0 Å². The average Bonchev–Trinajstić information content (AvgIpc) is 3.38. The zero-order valence-corrected chi connectivity index (χ0v) is 17.5. The molecule has 0 radical (unpaired) electrons. The van der Waals surface area contributed by atoms with E-state index in [9.17, 15) is 22.8 Å². The molecule has 2 aromatic rings. The highest BCUT2D eigenvalue weighted by molar-refractivity contribution is 5.90. The van der Waals surface area contributed by atoms with Crippen molar-refractivity contribution < 1.29 is 37.4 Å². The fourth-order valence-electron chi connectivity index (χ4n) is 3.47. The second-order valence-electron chi connectivity index (χ2n) is 7.54. The molecule has 9 nitrogen and oxygen atoms in total. The Morgan fingerprint density at radius 3 is 2.55 bits per heavy atom. The molecule has 178 valence electrons. The molecule has 3 N–H and O–H groups in total. The van der Waals surface area contributed by atoms with E-state index in [2.05, 4.69) is 34.1 Å². The number of aliphatic carboxylic acids is 1. The van der Waals surface area contributed by atoms with Crippen LogP contribution in [0.1, 0.15) is 35.8 Å². The molecule has 33 heavy (non-hydrogen) atoms. The van der Waals surface area contributed by atoms with Crippen molar-refractivity contribution in [3.8, 4) is 0 Å². The fraction of sp³-hybridized carbons (Fsp3) is 0.429. The van der Waals surface area contributed by atoms with Crippen LogP contribution in [0, 0.1) is 0 Å². The van der Waals surface area contributed by atoms with Crippen LogP contribution < -0.4 is 10.6 Å².